The highest BCUT2D eigenvalue weighted by molar-refractivity contribution is 7.90. The van der Waals surface area contributed by atoms with Crippen LogP contribution in [0.5, 0.6) is 0 Å². The van der Waals surface area contributed by atoms with Gasteiger partial charge in [-0.2, -0.15) is 0 Å². The molecule has 36 heavy (non-hydrogen) atoms. The number of amidine groups is 1. The Morgan fingerprint density at radius 2 is 1.67 bits per heavy atom. The molecule has 6 nitrogen and oxygen atoms in total. The molecule has 1 unspecified atom stereocenters. The SMILES string of the molecule is C[C@H](N=C1NS(=O)(=O)C(c2ccc(-c3ccccc3CN(C)C)cc2)C(C)(C)O1)c1ccccc1F. The number of hydrogen-bond acceptors (Lipinski definition) is 5. The molecule has 190 valence electrons. The van der Waals surface area contributed by atoms with E-state index >= 15 is 0 Å². The number of nitrogens with zero attached hydrogens (tertiary/aromatic N) is 2. The Hall–Kier alpha value is -3.23. The number of ether oxygens (including phenoxy) is 1. The first-order valence-electron chi connectivity index (χ1n) is 11.8. The van der Waals surface area contributed by atoms with Gasteiger partial charge in [-0.25, -0.2) is 22.5 Å². The molecule has 0 saturated carbocycles. The van der Waals surface area contributed by atoms with E-state index in [9.17, 15) is 12.8 Å². The van der Waals surface area contributed by atoms with E-state index in [-0.39, 0.29) is 6.02 Å². The van der Waals surface area contributed by atoms with Gasteiger partial charge in [0.25, 0.3) is 6.02 Å². The fourth-order valence-corrected chi connectivity index (χ4v) is 6.45. The molecule has 2 atom stereocenters. The molecular weight excluding hydrogens is 477 g/mol. The van der Waals surface area contributed by atoms with Crippen molar-refractivity contribution >= 4 is 16.0 Å². The topological polar surface area (TPSA) is 71.0 Å². The van der Waals surface area contributed by atoms with Crippen molar-refractivity contribution in [3.05, 3.63) is 95.3 Å². The maximum absolute atomic E-state index is 14.2. The molecule has 4 rings (SSSR count). The minimum absolute atomic E-state index is 0.138. The van der Waals surface area contributed by atoms with Gasteiger partial charge in [0.05, 0.1) is 6.04 Å². The molecule has 0 bridgehead atoms. The van der Waals surface area contributed by atoms with Crippen LogP contribution >= 0.6 is 0 Å². The Morgan fingerprint density at radius 1 is 1.03 bits per heavy atom. The normalized spacial score (nSPS) is 20.5. The minimum atomic E-state index is -3.88. The van der Waals surface area contributed by atoms with E-state index in [4.69, 9.17) is 4.74 Å². The standard InChI is InChI=1S/C28H32FN3O3S/c1-19(23-11-8-9-13-25(23)29)30-27-31-36(33,34)26(28(2,3)35-27)21-16-14-20(15-17-21)24-12-7-6-10-22(24)18-32(4)5/h6-17,19,26H,18H2,1-5H3,(H,30,31)/t19-,26?/m0/s1. The second-order valence-corrected chi connectivity index (χ2v) is 11.6. The van der Waals surface area contributed by atoms with Gasteiger partial charge >= 0.3 is 0 Å². The highest BCUT2D eigenvalue weighted by Gasteiger charge is 2.48. The first kappa shape index (κ1) is 25.9. The molecule has 0 spiro atoms. The lowest BCUT2D eigenvalue weighted by molar-refractivity contribution is 0.0761. The smallest absolute Gasteiger partial charge is 0.299 e. The molecule has 0 aromatic heterocycles. The third kappa shape index (κ3) is 5.44. The quantitative estimate of drug-likeness (QED) is 0.480. The van der Waals surface area contributed by atoms with Crippen LogP contribution in [0.25, 0.3) is 11.1 Å². The fraction of sp³-hybridized carbons (Fsp3) is 0.321. The van der Waals surface area contributed by atoms with Crippen molar-refractivity contribution in [2.45, 2.75) is 44.2 Å². The molecule has 1 aliphatic rings. The number of benzene rings is 3. The summed E-state index contributed by atoms with van der Waals surface area (Å²) in [7, 11) is 0.172. The van der Waals surface area contributed by atoms with Gasteiger partial charge in [-0.15, -0.1) is 0 Å². The van der Waals surface area contributed by atoms with Crippen LogP contribution in [0, 0.1) is 5.82 Å². The van der Waals surface area contributed by atoms with Crippen LogP contribution in [0.15, 0.2) is 77.8 Å². The second kappa shape index (κ2) is 10.0. The van der Waals surface area contributed by atoms with Gasteiger partial charge in [-0.05, 0) is 63.2 Å². The Kier molecular flexibility index (Phi) is 7.20. The number of hydrogen-bond donors (Lipinski definition) is 1. The summed E-state index contributed by atoms with van der Waals surface area (Å²) >= 11 is 0. The van der Waals surface area contributed by atoms with Gasteiger partial charge in [-0.1, -0.05) is 66.7 Å². The summed E-state index contributed by atoms with van der Waals surface area (Å²) in [5, 5.41) is -0.959. The monoisotopic (exact) mass is 509 g/mol. The summed E-state index contributed by atoms with van der Waals surface area (Å²) in [6, 6.07) is 21.2. The number of rotatable bonds is 6. The zero-order valence-electron chi connectivity index (χ0n) is 21.2. The van der Waals surface area contributed by atoms with E-state index < -0.39 is 32.7 Å². The second-order valence-electron chi connectivity index (χ2n) is 9.88. The van der Waals surface area contributed by atoms with Gasteiger partial charge < -0.3 is 9.64 Å². The van der Waals surface area contributed by atoms with Crippen molar-refractivity contribution in [3.63, 3.8) is 0 Å². The van der Waals surface area contributed by atoms with Gasteiger partial charge in [0.15, 0.2) is 0 Å². The fourth-order valence-electron chi connectivity index (χ4n) is 4.69. The number of halogens is 1. The molecule has 3 aromatic rings. The summed E-state index contributed by atoms with van der Waals surface area (Å²) < 4.78 is 49.4. The predicted molar refractivity (Wildman–Crippen MR) is 141 cm³/mol. The van der Waals surface area contributed by atoms with Gasteiger partial charge in [0.2, 0.25) is 10.0 Å². The number of sulfonamides is 1. The van der Waals surface area contributed by atoms with Crippen molar-refractivity contribution in [3.8, 4) is 11.1 Å². The summed E-state index contributed by atoms with van der Waals surface area (Å²) in [6.07, 6.45) is 0. The first-order chi connectivity index (χ1) is 17.0. The average Bonchev–Trinajstić information content (AvgIpc) is 2.78. The van der Waals surface area contributed by atoms with Gasteiger partial charge in [0.1, 0.15) is 16.7 Å². The predicted octanol–water partition coefficient (Wildman–Crippen LogP) is 5.44. The molecule has 1 aliphatic heterocycles. The Bertz CT molecular complexity index is 1370. The third-order valence-electron chi connectivity index (χ3n) is 6.23. The lowest BCUT2D eigenvalue weighted by Crippen LogP contribution is -2.53. The zero-order valence-corrected chi connectivity index (χ0v) is 22.0. The van der Waals surface area contributed by atoms with Crippen LogP contribution in [0.4, 0.5) is 4.39 Å². The maximum Gasteiger partial charge on any atom is 0.299 e. The minimum Gasteiger partial charge on any atom is -0.457 e. The van der Waals surface area contributed by atoms with E-state index in [1.54, 1.807) is 39.0 Å². The third-order valence-corrected chi connectivity index (χ3v) is 8.15. The van der Waals surface area contributed by atoms with Crippen molar-refractivity contribution in [1.82, 2.24) is 9.62 Å². The molecule has 8 heteroatoms. The van der Waals surface area contributed by atoms with Crippen molar-refractivity contribution in [1.29, 1.82) is 0 Å². The lowest BCUT2D eigenvalue weighted by Gasteiger charge is -2.39. The summed E-state index contributed by atoms with van der Waals surface area (Å²) in [6.45, 7) is 5.93. The maximum atomic E-state index is 14.2. The Labute approximate surface area is 212 Å². The first-order valence-corrected chi connectivity index (χ1v) is 13.4. The highest BCUT2D eigenvalue weighted by Crippen LogP contribution is 2.39. The van der Waals surface area contributed by atoms with Crippen LogP contribution in [0.3, 0.4) is 0 Å². The Balaban J connectivity index is 1.62. The Morgan fingerprint density at radius 3 is 2.31 bits per heavy atom. The molecule has 0 aliphatic carbocycles. The number of nitrogens with one attached hydrogen (secondary N) is 1. The molecule has 1 fully saturated rings. The lowest BCUT2D eigenvalue weighted by atomic mass is 9.94. The van der Waals surface area contributed by atoms with E-state index in [0.29, 0.717) is 11.1 Å². The van der Waals surface area contributed by atoms with Crippen molar-refractivity contribution in [2.75, 3.05) is 14.1 Å². The van der Waals surface area contributed by atoms with Crippen LogP contribution in [-0.2, 0) is 21.3 Å². The van der Waals surface area contributed by atoms with E-state index in [0.717, 1.165) is 17.7 Å². The molecule has 1 heterocycles. The average molecular weight is 510 g/mol. The van der Waals surface area contributed by atoms with Gasteiger partial charge in [0, 0.05) is 12.1 Å². The molecular formula is C28H32FN3O3S. The van der Waals surface area contributed by atoms with E-state index in [1.165, 1.54) is 11.6 Å². The summed E-state index contributed by atoms with van der Waals surface area (Å²) in [4.78, 5) is 6.44. The molecule has 3 aromatic carbocycles. The van der Waals surface area contributed by atoms with Crippen LogP contribution in [-0.4, -0.2) is 39.0 Å². The van der Waals surface area contributed by atoms with Crippen LogP contribution in [0.2, 0.25) is 0 Å². The van der Waals surface area contributed by atoms with Crippen molar-refractivity contribution < 1.29 is 17.5 Å². The highest BCUT2D eigenvalue weighted by atomic mass is 32.2. The van der Waals surface area contributed by atoms with Gasteiger partial charge in [-0.3, -0.25) is 0 Å². The zero-order chi connectivity index (χ0) is 26.1. The molecule has 0 radical (unpaired) electrons. The summed E-state index contributed by atoms with van der Waals surface area (Å²) in [5.41, 5.74) is 3.17. The van der Waals surface area contributed by atoms with E-state index in [2.05, 4.69) is 26.7 Å². The van der Waals surface area contributed by atoms with E-state index in [1.807, 2.05) is 50.5 Å². The van der Waals surface area contributed by atoms with Crippen LogP contribution < -0.4 is 4.72 Å². The summed E-state index contributed by atoms with van der Waals surface area (Å²) in [5.74, 6) is -0.405. The van der Waals surface area contributed by atoms with Crippen LogP contribution in [0.1, 0.15) is 48.8 Å². The number of aliphatic imine (C=N–C) groups is 1. The van der Waals surface area contributed by atoms with Crippen molar-refractivity contribution in [2.24, 2.45) is 4.99 Å². The molecule has 1 N–H and O–H groups in total. The molecule has 0 amide bonds. The molecule has 1 saturated heterocycles. The largest absolute Gasteiger partial charge is 0.457 e.